The Hall–Kier alpha value is -3.92. The van der Waals surface area contributed by atoms with Crippen LogP contribution in [0.4, 0.5) is 27.4 Å². The van der Waals surface area contributed by atoms with Gasteiger partial charge in [0, 0.05) is 39.1 Å². The van der Waals surface area contributed by atoms with E-state index in [0.717, 1.165) is 29.6 Å². The fourth-order valence-corrected chi connectivity index (χ4v) is 3.44. The molecule has 0 saturated carbocycles. The SMILES string of the molecule is C=CC(=O)Nc1cc(Nc2ncc(F)c(-n3cc(C)c(CN(C)C)c3)n2)c(OC)cc1N(C)C. The van der Waals surface area contributed by atoms with Gasteiger partial charge < -0.3 is 29.7 Å². The molecule has 0 unspecified atom stereocenters. The second kappa shape index (κ2) is 10.3. The fourth-order valence-electron chi connectivity index (χ4n) is 3.44. The zero-order valence-electron chi connectivity index (χ0n) is 20.3. The molecular weight excluding hydrogens is 437 g/mol. The van der Waals surface area contributed by atoms with Crippen LogP contribution in [0.3, 0.4) is 0 Å². The summed E-state index contributed by atoms with van der Waals surface area (Å²) in [5.41, 5.74) is 3.87. The number of carbonyl (C=O) groups is 1. The number of hydrogen-bond donors (Lipinski definition) is 2. The van der Waals surface area contributed by atoms with Crippen molar-refractivity contribution in [2.24, 2.45) is 0 Å². The molecule has 9 nitrogen and oxygen atoms in total. The molecule has 0 fully saturated rings. The Morgan fingerprint density at radius 1 is 1.24 bits per heavy atom. The summed E-state index contributed by atoms with van der Waals surface area (Å²) in [6.45, 7) is 6.20. The van der Waals surface area contributed by atoms with Crippen LogP contribution in [0.5, 0.6) is 5.75 Å². The third kappa shape index (κ3) is 5.52. The second-order valence-corrected chi connectivity index (χ2v) is 8.26. The van der Waals surface area contributed by atoms with E-state index in [4.69, 9.17) is 4.74 Å². The van der Waals surface area contributed by atoms with E-state index in [1.54, 1.807) is 16.7 Å². The van der Waals surface area contributed by atoms with Gasteiger partial charge in [0.05, 0.1) is 30.4 Å². The maximum Gasteiger partial charge on any atom is 0.247 e. The number of aromatic nitrogens is 3. The Kier molecular flexibility index (Phi) is 7.52. The van der Waals surface area contributed by atoms with Crippen LogP contribution in [-0.4, -0.2) is 60.6 Å². The van der Waals surface area contributed by atoms with Crippen LogP contribution in [0, 0.1) is 12.7 Å². The van der Waals surface area contributed by atoms with Gasteiger partial charge in [-0.25, -0.2) is 9.37 Å². The van der Waals surface area contributed by atoms with Crippen LogP contribution in [0.15, 0.2) is 43.4 Å². The van der Waals surface area contributed by atoms with Crippen molar-refractivity contribution in [3.63, 3.8) is 0 Å². The van der Waals surface area contributed by atoms with Gasteiger partial charge >= 0.3 is 0 Å². The van der Waals surface area contributed by atoms with E-state index in [1.165, 1.54) is 13.2 Å². The molecule has 2 heterocycles. The van der Waals surface area contributed by atoms with E-state index in [2.05, 4.69) is 27.2 Å². The van der Waals surface area contributed by atoms with E-state index < -0.39 is 5.82 Å². The molecule has 2 N–H and O–H groups in total. The van der Waals surface area contributed by atoms with E-state index in [9.17, 15) is 9.18 Å². The highest BCUT2D eigenvalue weighted by Gasteiger charge is 2.17. The average Bonchev–Trinajstić information content (AvgIpc) is 3.14. The largest absolute Gasteiger partial charge is 0.494 e. The lowest BCUT2D eigenvalue weighted by molar-refractivity contribution is -0.111. The fraction of sp³-hybridized carbons (Fsp3) is 0.292. The predicted octanol–water partition coefficient (Wildman–Crippen LogP) is 3.72. The number of hydrogen-bond acceptors (Lipinski definition) is 7. The summed E-state index contributed by atoms with van der Waals surface area (Å²) in [6, 6.07) is 3.48. The van der Waals surface area contributed by atoms with Gasteiger partial charge in [0.25, 0.3) is 0 Å². The summed E-state index contributed by atoms with van der Waals surface area (Å²) < 4.78 is 21.8. The first kappa shape index (κ1) is 24.7. The molecule has 1 amide bonds. The smallest absolute Gasteiger partial charge is 0.247 e. The lowest BCUT2D eigenvalue weighted by Gasteiger charge is -2.21. The third-order valence-corrected chi connectivity index (χ3v) is 5.08. The van der Waals surface area contributed by atoms with Gasteiger partial charge in [-0.1, -0.05) is 6.58 Å². The normalized spacial score (nSPS) is 10.8. The van der Waals surface area contributed by atoms with Gasteiger partial charge in [-0.2, -0.15) is 4.98 Å². The highest BCUT2D eigenvalue weighted by molar-refractivity contribution is 6.02. The summed E-state index contributed by atoms with van der Waals surface area (Å²) in [4.78, 5) is 24.3. The minimum atomic E-state index is -0.550. The number of carbonyl (C=O) groups excluding carboxylic acids is 1. The number of halogens is 1. The van der Waals surface area contributed by atoms with Crippen LogP contribution in [0.25, 0.3) is 5.82 Å². The third-order valence-electron chi connectivity index (χ3n) is 5.08. The highest BCUT2D eigenvalue weighted by Crippen LogP contribution is 2.37. The summed E-state index contributed by atoms with van der Waals surface area (Å²) in [5.74, 6) is -0.106. The lowest BCUT2D eigenvalue weighted by Crippen LogP contribution is -2.15. The van der Waals surface area contributed by atoms with Crippen molar-refractivity contribution in [2.75, 3.05) is 50.8 Å². The molecule has 3 aromatic rings. The zero-order chi connectivity index (χ0) is 25.0. The molecule has 1 aromatic carbocycles. The standard InChI is InChI=1S/C24H30FN7O2/c1-8-22(33)27-18-9-19(21(34-7)10-20(18)31(5)6)28-24-26-11-17(25)23(29-24)32-12-15(2)16(14-32)13-30(3)4/h8-12,14H,1,13H2,2-7H3,(H,27,33)(H,26,28,29). The van der Waals surface area contributed by atoms with Gasteiger partial charge in [0.15, 0.2) is 11.6 Å². The number of amides is 1. The molecular formula is C24H30FN7O2. The molecule has 0 radical (unpaired) electrons. The van der Waals surface area contributed by atoms with Crippen molar-refractivity contribution in [1.29, 1.82) is 0 Å². The van der Waals surface area contributed by atoms with Crippen molar-refractivity contribution in [3.8, 4) is 11.6 Å². The quantitative estimate of drug-likeness (QED) is 0.464. The molecule has 0 bridgehead atoms. The Morgan fingerprint density at radius 2 is 1.97 bits per heavy atom. The van der Waals surface area contributed by atoms with E-state index >= 15 is 0 Å². The molecule has 0 aliphatic heterocycles. The molecule has 2 aromatic heterocycles. The minimum Gasteiger partial charge on any atom is -0.494 e. The van der Waals surface area contributed by atoms with Crippen molar-refractivity contribution >= 4 is 28.9 Å². The monoisotopic (exact) mass is 467 g/mol. The van der Waals surface area contributed by atoms with Crippen molar-refractivity contribution in [2.45, 2.75) is 13.5 Å². The van der Waals surface area contributed by atoms with E-state index in [-0.39, 0.29) is 17.7 Å². The first-order valence-electron chi connectivity index (χ1n) is 10.6. The van der Waals surface area contributed by atoms with Crippen LogP contribution >= 0.6 is 0 Å². The molecule has 180 valence electrons. The van der Waals surface area contributed by atoms with E-state index in [0.29, 0.717) is 17.1 Å². The summed E-state index contributed by atoms with van der Waals surface area (Å²) in [5, 5.41) is 5.87. The van der Waals surface area contributed by atoms with E-state index in [1.807, 2.05) is 57.3 Å². The summed E-state index contributed by atoms with van der Waals surface area (Å²) in [7, 11) is 9.19. The number of ether oxygens (including phenoxy) is 1. The molecule has 3 rings (SSSR count). The maximum atomic E-state index is 14.7. The Bertz CT molecular complexity index is 1200. The number of benzene rings is 1. The number of methoxy groups -OCH3 is 1. The highest BCUT2D eigenvalue weighted by atomic mass is 19.1. The van der Waals surface area contributed by atoms with Crippen LogP contribution in [0.1, 0.15) is 11.1 Å². The Morgan fingerprint density at radius 3 is 2.59 bits per heavy atom. The average molecular weight is 468 g/mol. The van der Waals surface area contributed by atoms with Crippen molar-refractivity contribution < 1.29 is 13.9 Å². The topological polar surface area (TPSA) is 87.6 Å². The minimum absolute atomic E-state index is 0.120. The number of nitrogens with one attached hydrogen (secondary N) is 2. The maximum absolute atomic E-state index is 14.7. The predicted molar refractivity (Wildman–Crippen MR) is 133 cm³/mol. The first-order chi connectivity index (χ1) is 16.1. The van der Waals surface area contributed by atoms with Gasteiger partial charge in [0.1, 0.15) is 5.75 Å². The molecule has 0 aliphatic carbocycles. The second-order valence-electron chi connectivity index (χ2n) is 8.26. The molecule has 0 aliphatic rings. The van der Waals surface area contributed by atoms with Crippen LogP contribution in [-0.2, 0) is 11.3 Å². The molecule has 0 spiro atoms. The van der Waals surface area contributed by atoms with Crippen molar-refractivity contribution in [1.82, 2.24) is 19.4 Å². The number of anilines is 4. The first-order valence-corrected chi connectivity index (χ1v) is 10.6. The number of rotatable bonds is 9. The number of nitrogens with zero attached hydrogens (tertiary/aromatic N) is 5. The van der Waals surface area contributed by atoms with Crippen LogP contribution in [0.2, 0.25) is 0 Å². The molecule has 0 saturated heterocycles. The van der Waals surface area contributed by atoms with Gasteiger partial charge in [-0.05, 0) is 44.3 Å². The summed E-state index contributed by atoms with van der Waals surface area (Å²) >= 11 is 0. The lowest BCUT2D eigenvalue weighted by atomic mass is 10.2. The molecule has 34 heavy (non-hydrogen) atoms. The molecule has 10 heteroatoms. The Balaban J connectivity index is 2.00. The van der Waals surface area contributed by atoms with Crippen molar-refractivity contribution in [3.05, 3.63) is 60.3 Å². The van der Waals surface area contributed by atoms with Crippen LogP contribution < -0.4 is 20.3 Å². The molecule has 0 atom stereocenters. The summed E-state index contributed by atoms with van der Waals surface area (Å²) in [6.07, 6.45) is 6.01. The van der Waals surface area contributed by atoms with Gasteiger partial charge in [0.2, 0.25) is 11.9 Å². The zero-order valence-corrected chi connectivity index (χ0v) is 20.3. The number of aryl methyl sites for hydroxylation is 1. The van der Waals surface area contributed by atoms with Gasteiger partial charge in [-0.3, -0.25) is 4.79 Å². The van der Waals surface area contributed by atoms with Gasteiger partial charge in [-0.15, -0.1) is 0 Å². The Labute approximate surface area is 198 Å².